The van der Waals surface area contributed by atoms with Gasteiger partial charge < -0.3 is 10.1 Å². The largest absolute Gasteiger partial charge is 0.372 e. The summed E-state index contributed by atoms with van der Waals surface area (Å²) in [5.74, 6) is -0.112. The average molecular weight is 286 g/mol. The SMILES string of the molecule is CCOCC(=O)Nc1ccc(Br)cc1CC. The molecule has 3 nitrogen and oxygen atoms in total. The van der Waals surface area contributed by atoms with E-state index >= 15 is 0 Å². The zero-order valence-electron chi connectivity index (χ0n) is 9.55. The van der Waals surface area contributed by atoms with Crippen molar-refractivity contribution in [1.29, 1.82) is 0 Å². The number of anilines is 1. The lowest BCUT2D eigenvalue weighted by Gasteiger charge is -2.10. The lowest BCUT2D eigenvalue weighted by atomic mass is 10.1. The van der Waals surface area contributed by atoms with Crippen LogP contribution in [0.1, 0.15) is 19.4 Å². The van der Waals surface area contributed by atoms with Crippen LogP contribution < -0.4 is 5.32 Å². The fourth-order valence-electron chi connectivity index (χ4n) is 1.36. The predicted octanol–water partition coefficient (Wildman–Crippen LogP) is 2.99. The summed E-state index contributed by atoms with van der Waals surface area (Å²) in [4.78, 5) is 11.5. The molecule has 1 aromatic rings. The molecule has 4 heteroatoms. The molecule has 1 N–H and O–H groups in total. The second kappa shape index (κ2) is 6.66. The van der Waals surface area contributed by atoms with Crippen molar-refractivity contribution >= 4 is 27.5 Å². The highest BCUT2D eigenvalue weighted by Crippen LogP contribution is 2.21. The summed E-state index contributed by atoms with van der Waals surface area (Å²) in [6.07, 6.45) is 0.879. The highest BCUT2D eigenvalue weighted by atomic mass is 79.9. The first-order valence-electron chi connectivity index (χ1n) is 5.33. The molecule has 0 aliphatic rings. The first-order valence-corrected chi connectivity index (χ1v) is 6.12. The van der Waals surface area contributed by atoms with E-state index in [0.717, 1.165) is 22.1 Å². The molecule has 0 atom stereocenters. The van der Waals surface area contributed by atoms with Gasteiger partial charge >= 0.3 is 0 Å². The Kier molecular flexibility index (Phi) is 5.49. The van der Waals surface area contributed by atoms with Crippen LogP contribution >= 0.6 is 15.9 Å². The summed E-state index contributed by atoms with van der Waals surface area (Å²) in [6.45, 7) is 4.58. The molecule has 1 aromatic carbocycles. The van der Waals surface area contributed by atoms with Gasteiger partial charge in [-0.3, -0.25) is 4.79 Å². The van der Waals surface area contributed by atoms with E-state index in [1.165, 1.54) is 0 Å². The number of rotatable bonds is 5. The Morgan fingerprint density at radius 1 is 1.44 bits per heavy atom. The van der Waals surface area contributed by atoms with Gasteiger partial charge in [0.05, 0.1) is 0 Å². The van der Waals surface area contributed by atoms with Gasteiger partial charge in [-0.1, -0.05) is 22.9 Å². The summed E-state index contributed by atoms with van der Waals surface area (Å²) in [6, 6.07) is 5.82. The molecule has 0 spiro atoms. The number of carbonyl (C=O) groups excluding carboxylic acids is 1. The molecule has 0 aliphatic carbocycles. The van der Waals surface area contributed by atoms with E-state index in [1.54, 1.807) is 0 Å². The zero-order chi connectivity index (χ0) is 12.0. The van der Waals surface area contributed by atoms with E-state index in [0.29, 0.717) is 6.61 Å². The number of benzene rings is 1. The minimum atomic E-state index is -0.112. The molecule has 0 fully saturated rings. The van der Waals surface area contributed by atoms with E-state index in [4.69, 9.17) is 4.74 Å². The van der Waals surface area contributed by atoms with Crippen molar-refractivity contribution in [1.82, 2.24) is 0 Å². The molecule has 0 bridgehead atoms. The fourth-order valence-corrected chi connectivity index (χ4v) is 1.77. The van der Waals surface area contributed by atoms with Crippen LogP contribution in [0.3, 0.4) is 0 Å². The maximum atomic E-state index is 11.5. The van der Waals surface area contributed by atoms with Gasteiger partial charge in [0.25, 0.3) is 0 Å². The second-order valence-electron chi connectivity index (χ2n) is 3.34. The van der Waals surface area contributed by atoms with Gasteiger partial charge in [-0.05, 0) is 37.1 Å². The van der Waals surface area contributed by atoms with Crippen LogP contribution in [0.25, 0.3) is 0 Å². The Balaban J connectivity index is 2.69. The molecule has 16 heavy (non-hydrogen) atoms. The lowest BCUT2D eigenvalue weighted by Crippen LogP contribution is -2.19. The molecule has 1 amide bonds. The summed E-state index contributed by atoms with van der Waals surface area (Å²) >= 11 is 3.41. The van der Waals surface area contributed by atoms with Crippen LogP contribution in [0.2, 0.25) is 0 Å². The number of ether oxygens (including phenoxy) is 1. The molecule has 0 saturated heterocycles. The zero-order valence-corrected chi connectivity index (χ0v) is 11.1. The molecule has 88 valence electrons. The Hall–Kier alpha value is -0.870. The van der Waals surface area contributed by atoms with Gasteiger partial charge in [0, 0.05) is 16.8 Å². The van der Waals surface area contributed by atoms with Gasteiger partial charge in [-0.2, -0.15) is 0 Å². The molecule has 0 saturated carbocycles. The van der Waals surface area contributed by atoms with E-state index in [9.17, 15) is 4.79 Å². The minimum Gasteiger partial charge on any atom is -0.372 e. The summed E-state index contributed by atoms with van der Waals surface area (Å²) in [5, 5.41) is 2.84. The first-order chi connectivity index (χ1) is 7.67. The van der Waals surface area contributed by atoms with E-state index in [-0.39, 0.29) is 12.5 Å². The van der Waals surface area contributed by atoms with Crippen LogP contribution in [0.5, 0.6) is 0 Å². The van der Waals surface area contributed by atoms with Crippen molar-refractivity contribution in [3.8, 4) is 0 Å². The van der Waals surface area contributed by atoms with Gasteiger partial charge in [-0.15, -0.1) is 0 Å². The molecular formula is C12H16BrNO2. The summed E-state index contributed by atoms with van der Waals surface area (Å²) in [5.41, 5.74) is 1.97. The molecule has 0 unspecified atom stereocenters. The third-order valence-corrected chi connectivity index (χ3v) is 2.65. The molecular weight excluding hydrogens is 270 g/mol. The third-order valence-electron chi connectivity index (χ3n) is 2.16. The first kappa shape index (κ1) is 13.2. The number of nitrogens with one attached hydrogen (secondary N) is 1. The highest BCUT2D eigenvalue weighted by molar-refractivity contribution is 9.10. The monoisotopic (exact) mass is 285 g/mol. The Bertz CT molecular complexity index is 366. The highest BCUT2D eigenvalue weighted by Gasteiger charge is 2.06. The van der Waals surface area contributed by atoms with E-state index in [2.05, 4.69) is 28.2 Å². The quantitative estimate of drug-likeness (QED) is 0.903. The van der Waals surface area contributed by atoms with Crippen molar-refractivity contribution in [2.45, 2.75) is 20.3 Å². The van der Waals surface area contributed by atoms with Crippen LogP contribution in [-0.4, -0.2) is 19.1 Å². The molecule has 0 radical (unpaired) electrons. The summed E-state index contributed by atoms with van der Waals surface area (Å²) in [7, 11) is 0. The van der Waals surface area contributed by atoms with Crippen molar-refractivity contribution < 1.29 is 9.53 Å². The molecule has 0 heterocycles. The molecule has 0 aromatic heterocycles. The molecule has 0 aliphatic heterocycles. The Morgan fingerprint density at radius 2 is 2.19 bits per heavy atom. The maximum Gasteiger partial charge on any atom is 0.250 e. The Morgan fingerprint density at radius 3 is 2.81 bits per heavy atom. The van der Waals surface area contributed by atoms with Gasteiger partial charge in [-0.25, -0.2) is 0 Å². The maximum absolute atomic E-state index is 11.5. The van der Waals surface area contributed by atoms with Crippen LogP contribution in [0.4, 0.5) is 5.69 Å². The van der Waals surface area contributed by atoms with Crippen molar-refractivity contribution in [3.63, 3.8) is 0 Å². The smallest absolute Gasteiger partial charge is 0.250 e. The number of carbonyl (C=O) groups is 1. The fraction of sp³-hybridized carbons (Fsp3) is 0.417. The van der Waals surface area contributed by atoms with Crippen LogP contribution in [-0.2, 0) is 16.0 Å². The number of hydrogen-bond acceptors (Lipinski definition) is 2. The van der Waals surface area contributed by atoms with Gasteiger partial charge in [0.2, 0.25) is 5.91 Å². The molecule has 1 rings (SSSR count). The lowest BCUT2D eigenvalue weighted by molar-refractivity contribution is -0.120. The summed E-state index contributed by atoms with van der Waals surface area (Å²) < 4.78 is 6.06. The number of aryl methyl sites for hydroxylation is 1. The standard InChI is InChI=1S/C12H16BrNO2/c1-3-9-7-10(13)5-6-11(9)14-12(15)8-16-4-2/h5-7H,3-4,8H2,1-2H3,(H,14,15). The van der Waals surface area contributed by atoms with Gasteiger partial charge in [0.1, 0.15) is 6.61 Å². The Labute approximate surface area is 104 Å². The average Bonchev–Trinajstić information content (AvgIpc) is 2.28. The minimum absolute atomic E-state index is 0.107. The van der Waals surface area contributed by atoms with Crippen molar-refractivity contribution in [3.05, 3.63) is 28.2 Å². The number of halogens is 1. The van der Waals surface area contributed by atoms with Crippen molar-refractivity contribution in [2.75, 3.05) is 18.5 Å². The topological polar surface area (TPSA) is 38.3 Å². The van der Waals surface area contributed by atoms with E-state index in [1.807, 2.05) is 25.1 Å². The predicted molar refractivity (Wildman–Crippen MR) is 68.6 cm³/mol. The normalized spacial score (nSPS) is 10.2. The number of amides is 1. The third kappa shape index (κ3) is 3.94. The van der Waals surface area contributed by atoms with E-state index < -0.39 is 0 Å². The van der Waals surface area contributed by atoms with Crippen LogP contribution in [0.15, 0.2) is 22.7 Å². The number of hydrogen-bond donors (Lipinski definition) is 1. The van der Waals surface area contributed by atoms with Gasteiger partial charge in [0.15, 0.2) is 0 Å². The second-order valence-corrected chi connectivity index (χ2v) is 4.26. The van der Waals surface area contributed by atoms with Crippen molar-refractivity contribution in [2.24, 2.45) is 0 Å². The van der Waals surface area contributed by atoms with Crippen LogP contribution in [0, 0.1) is 0 Å².